The molecule has 3 unspecified atom stereocenters. The molecular formula is C15H29NO3. The molecule has 2 aliphatic rings. The van der Waals surface area contributed by atoms with Gasteiger partial charge in [0.05, 0.1) is 17.8 Å². The van der Waals surface area contributed by atoms with Crippen LogP contribution in [0.25, 0.3) is 0 Å². The Morgan fingerprint density at radius 2 is 2.21 bits per heavy atom. The Labute approximate surface area is 116 Å². The fraction of sp³-hybridized carbons (Fsp3) is 1.00. The monoisotopic (exact) mass is 271 g/mol. The van der Waals surface area contributed by atoms with Crippen LogP contribution in [0.2, 0.25) is 0 Å². The fourth-order valence-electron chi connectivity index (χ4n) is 3.38. The van der Waals surface area contributed by atoms with E-state index in [0.29, 0.717) is 18.5 Å². The maximum Gasteiger partial charge on any atom is 0.0951 e. The molecule has 2 rings (SSSR count). The summed E-state index contributed by atoms with van der Waals surface area (Å²) in [7, 11) is 0. The molecule has 0 amide bonds. The Morgan fingerprint density at radius 3 is 2.84 bits per heavy atom. The molecular weight excluding hydrogens is 242 g/mol. The minimum absolute atomic E-state index is 0.0557. The van der Waals surface area contributed by atoms with Gasteiger partial charge in [-0.25, -0.2) is 0 Å². The predicted molar refractivity (Wildman–Crippen MR) is 75.2 cm³/mol. The van der Waals surface area contributed by atoms with Gasteiger partial charge in [0.25, 0.3) is 0 Å². The molecule has 0 radical (unpaired) electrons. The van der Waals surface area contributed by atoms with Gasteiger partial charge in [-0.1, -0.05) is 13.8 Å². The lowest BCUT2D eigenvalue weighted by atomic mass is 9.88. The van der Waals surface area contributed by atoms with Gasteiger partial charge in [0.15, 0.2) is 0 Å². The second-order valence-corrected chi connectivity index (χ2v) is 7.00. The highest BCUT2D eigenvalue weighted by Crippen LogP contribution is 2.33. The molecule has 4 nitrogen and oxygen atoms in total. The van der Waals surface area contributed by atoms with Crippen molar-refractivity contribution in [3.63, 3.8) is 0 Å². The molecule has 0 saturated carbocycles. The molecule has 3 atom stereocenters. The van der Waals surface area contributed by atoms with Crippen molar-refractivity contribution >= 4 is 0 Å². The third kappa shape index (κ3) is 4.42. The molecule has 0 aliphatic carbocycles. The van der Waals surface area contributed by atoms with Gasteiger partial charge in [0.2, 0.25) is 0 Å². The topological polar surface area (TPSA) is 50.7 Å². The molecule has 2 fully saturated rings. The number of aliphatic hydroxyl groups is 1. The molecule has 4 heteroatoms. The van der Waals surface area contributed by atoms with Crippen LogP contribution in [0.4, 0.5) is 0 Å². The van der Waals surface area contributed by atoms with Gasteiger partial charge >= 0.3 is 0 Å². The summed E-state index contributed by atoms with van der Waals surface area (Å²) in [5.41, 5.74) is -0.675. The molecule has 19 heavy (non-hydrogen) atoms. The molecule has 0 aromatic rings. The van der Waals surface area contributed by atoms with Gasteiger partial charge in [-0.05, 0) is 32.1 Å². The van der Waals surface area contributed by atoms with Gasteiger partial charge < -0.3 is 19.9 Å². The highest BCUT2D eigenvalue weighted by atomic mass is 16.6. The molecule has 2 aliphatic heterocycles. The van der Waals surface area contributed by atoms with Crippen LogP contribution in [0.15, 0.2) is 0 Å². The van der Waals surface area contributed by atoms with Crippen LogP contribution < -0.4 is 5.32 Å². The molecule has 2 saturated heterocycles. The van der Waals surface area contributed by atoms with Crippen LogP contribution in [0.1, 0.15) is 46.5 Å². The first kappa shape index (κ1) is 15.2. The summed E-state index contributed by atoms with van der Waals surface area (Å²) in [6, 6.07) is 0.439. The van der Waals surface area contributed by atoms with E-state index in [1.807, 2.05) is 6.92 Å². The Bertz CT molecular complexity index is 285. The van der Waals surface area contributed by atoms with Crippen molar-refractivity contribution in [3.05, 3.63) is 0 Å². The fourth-order valence-corrected chi connectivity index (χ4v) is 3.38. The van der Waals surface area contributed by atoms with Crippen molar-refractivity contribution in [2.24, 2.45) is 5.92 Å². The van der Waals surface area contributed by atoms with E-state index in [4.69, 9.17) is 9.47 Å². The lowest BCUT2D eigenvalue weighted by Crippen LogP contribution is -2.51. The van der Waals surface area contributed by atoms with Crippen LogP contribution in [0.3, 0.4) is 0 Å². The van der Waals surface area contributed by atoms with E-state index in [9.17, 15) is 5.11 Å². The number of hydrogen-bond donors (Lipinski definition) is 2. The molecule has 112 valence electrons. The molecule has 2 N–H and O–H groups in total. The standard InChI is InChI=1S/C15H29NO3/c1-12(2)8-14(3,17)10-16-13-4-6-19-15(9-13)5-7-18-11-15/h12-13,16-17H,4-11H2,1-3H3. The Hall–Kier alpha value is -0.160. The van der Waals surface area contributed by atoms with Crippen molar-refractivity contribution in [2.45, 2.75) is 63.7 Å². The average molecular weight is 271 g/mol. The Morgan fingerprint density at radius 1 is 1.42 bits per heavy atom. The van der Waals surface area contributed by atoms with Crippen LogP contribution in [0.5, 0.6) is 0 Å². The molecule has 2 heterocycles. The summed E-state index contributed by atoms with van der Waals surface area (Å²) in [6.45, 7) is 9.22. The first-order valence-electron chi connectivity index (χ1n) is 7.58. The van der Waals surface area contributed by atoms with Crippen molar-refractivity contribution < 1.29 is 14.6 Å². The van der Waals surface area contributed by atoms with Crippen molar-refractivity contribution in [1.29, 1.82) is 0 Å². The zero-order valence-corrected chi connectivity index (χ0v) is 12.6. The van der Waals surface area contributed by atoms with Crippen LogP contribution in [-0.4, -0.2) is 48.7 Å². The number of rotatable bonds is 5. The van der Waals surface area contributed by atoms with E-state index in [1.54, 1.807) is 0 Å². The Balaban J connectivity index is 1.79. The lowest BCUT2D eigenvalue weighted by Gasteiger charge is -2.38. The molecule has 1 spiro atoms. The lowest BCUT2D eigenvalue weighted by molar-refractivity contribution is -0.0915. The first-order valence-corrected chi connectivity index (χ1v) is 7.58. The number of nitrogens with one attached hydrogen (secondary N) is 1. The van der Waals surface area contributed by atoms with Gasteiger partial charge in [0, 0.05) is 32.2 Å². The molecule has 0 bridgehead atoms. The van der Waals surface area contributed by atoms with Crippen LogP contribution in [-0.2, 0) is 9.47 Å². The second-order valence-electron chi connectivity index (χ2n) is 7.00. The summed E-state index contributed by atoms with van der Waals surface area (Å²) >= 11 is 0. The van der Waals surface area contributed by atoms with E-state index in [1.165, 1.54) is 0 Å². The maximum absolute atomic E-state index is 10.4. The van der Waals surface area contributed by atoms with Crippen LogP contribution >= 0.6 is 0 Å². The minimum atomic E-state index is -0.619. The maximum atomic E-state index is 10.4. The third-order valence-electron chi connectivity index (χ3n) is 4.18. The van der Waals surface area contributed by atoms with Crippen molar-refractivity contribution in [3.8, 4) is 0 Å². The average Bonchev–Trinajstić information content (AvgIpc) is 2.73. The zero-order valence-electron chi connectivity index (χ0n) is 12.6. The van der Waals surface area contributed by atoms with Crippen LogP contribution in [0, 0.1) is 5.92 Å². The van der Waals surface area contributed by atoms with Gasteiger partial charge in [-0.15, -0.1) is 0 Å². The predicted octanol–water partition coefficient (Wildman–Crippen LogP) is 1.71. The summed E-state index contributed by atoms with van der Waals surface area (Å²) in [5.74, 6) is 0.515. The second kappa shape index (κ2) is 6.08. The number of ether oxygens (including phenoxy) is 2. The van der Waals surface area contributed by atoms with E-state index in [-0.39, 0.29) is 5.60 Å². The summed E-state index contributed by atoms with van der Waals surface area (Å²) in [5, 5.41) is 13.9. The molecule has 0 aromatic heterocycles. The van der Waals surface area contributed by atoms with E-state index in [2.05, 4.69) is 19.2 Å². The Kier molecular flexibility index (Phi) is 4.88. The number of hydrogen-bond acceptors (Lipinski definition) is 4. The minimum Gasteiger partial charge on any atom is -0.389 e. The SMILES string of the molecule is CC(C)CC(C)(O)CNC1CCOC2(CCOC2)C1. The summed E-state index contributed by atoms with van der Waals surface area (Å²) in [4.78, 5) is 0. The quantitative estimate of drug-likeness (QED) is 0.799. The van der Waals surface area contributed by atoms with E-state index in [0.717, 1.165) is 45.5 Å². The molecule has 0 aromatic carbocycles. The van der Waals surface area contributed by atoms with Gasteiger partial charge in [-0.3, -0.25) is 0 Å². The summed E-state index contributed by atoms with van der Waals surface area (Å²) < 4.78 is 11.4. The van der Waals surface area contributed by atoms with E-state index < -0.39 is 5.60 Å². The third-order valence-corrected chi connectivity index (χ3v) is 4.18. The van der Waals surface area contributed by atoms with Crippen molar-refractivity contribution in [1.82, 2.24) is 5.32 Å². The van der Waals surface area contributed by atoms with Gasteiger partial charge in [0.1, 0.15) is 0 Å². The van der Waals surface area contributed by atoms with Crippen molar-refractivity contribution in [2.75, 3.05) is 26.4 Å². The first-order chi connectivity index (χ1) is 8.91. The van der Waals surface area contributed by atoms with Gasteiger partial charge in [-0.2, -0.15) is 0 Å². The summed E-state index contributed by atoms with van der Waals surface area (Å²) in [6.07, 6.45) is 3.87. The smallest absolute Gasteiger partial charge is 0.0951 e. The highest BCUT2D eigenvalue weighted by Gasteiger charge is 2.41. The highest BCUT2D eigenvalue weighted by molar-refractivity contribution is 4.93. The van der Waals surface area contributed by atoms with E-state index >= 15 is 0 Å². The zero-order chi connectivity index (χ0) is 13.9. The largest absolute Gasteiger partial charge is 0.389 e. The normalized spacial score (nSPS) is 34.9.